The summed E-state index contributed by atoms with van der Waals surface area (Å²) in [4.78, 5) is 14.5. The number of fused-ring (bicyclic) bond motifs is 1. The number of hydrogen-bond acceptors (Lipinski definition) is 5. The molecule has 0 saturated carbocycles. The van der Waals surface area contributed by atoms with Crippen LogP contribution in [0.15, 0.2) is 22.8 Å². The van der Waals surface area contributed by atoms with E-state index >= 15 is 0 Å². The van der Waals surface area contributed by atoms with Gasteiger partial charge in [-0.2, -0.15) is 0 Å². The van der Waals surface area contributed by atoms with Gasteiger partial charge in [0, 0.05) is 34.4 Å². The molecule has 0 spiro atoms. The molecule has 19 heavy (non-hydrogen) atoms. The summed E-state index contributed by atoms with van der Waals surface area (Å²) in [5, 5.41) is 2.94. The summed E-state index contributed by atoms with van der Waals surface area (Å²) in [5.74, 6) is 0.802. The highest BCUT2D eigenvalue weighted by atomic mass is 32.2. The zero-order valence-electron chi connectivity index (χ0n) is 11.0. The van der Waals surface area contributed by atoms with Gasteiger partial charge in [-0.25, -0.2) is 15.0 Å². The van der Waals surface area contributed by atoms with Crippen LogP contribution < -0.4 is 0 Å². The first-order valence-electron chi connectivity index (χ1n) is 5.99. The molecule has 0 aliphatic carbocycles. The number of aryl methyl sites for hydroxylation is 3. The standard InChI is InChI=1S/C13H14N4S2/c1-8-4-9(2)15-12(14-8)18-7-11-5-17-10(3)6-19-13(17)16-11/h4-6H,7H2,1-3H3. The van der Waals surface area contributed by atoms with Crippen LogP contribution in [0.2, 0.25) is 0 Å². The molecule has 0 atom stereocenters. The first-order chi connectivity index (χ1) is 9.11. The van der Waals surface area contributed by atoms with Crippen molar-refractivity contribution in [2.45, 2.75) is 31.7 Å². The smallest absolute Gasteiger partial charge is 0.194 e. The van der Waals surface area contributed by atoms with Gasteiger partial charge in [0.25, 0.3) is 0 Å². The van der Waals surface area contributed by atoms with Crippen LogP contribution in [-0.2, 0) is 5.75 Å². The van der Waals surface area contributed by atoms with E-state index in [1.807, 2.05) is 19.9 Å². The fourth-order valence-corrected chi connectivity index (χ4v) is 3.61. The number of thioether (sulfide) groups is 1. The average molecular weight is 290 g/mol. The molecule has 3 aromatic rings. The van der Waals surface area contributed by atoms with E-state index in [1.165, 1.54) is 5.69 Å². The lowest BCUT2D eigenvalue weighted by atomic mass is 10.4. The summed E-state index contributed by atoms with van der Waals surface area (Å²) in [6, 6.07) is 1.99. The highest BCUT2D eigenvalue weighted by Crippen LogP contribution is 2.22. The van der Waals surface area contributed by atoms with E-state index in [0.717, 1.165) is 33.0 Å². The summed E-state index contributed by atoms with van der Waals surface area (Å²) in [7, 11) is 0. The monoisotopic (exact) mass is 290 g/mol. The number of aromatic nitrogens is 4. The van der Waals surface area contributed by atoms with Crippen molar-refractivity contribution in [3.63, 3.8) is 0 Å². The molecule has 0 fully saturated rings. The molecule has 0 saturated heterocycles. The Morgan fingerprint density at radius 1 is 1.16 bits per heavy atom. The van der Waals surface area contributed by atoms with Crippen molar-refractivity contribution in [2.24, 2.45) is 0 Å². The van der Waals surface area contributed by atoms with Gasteiger partial charge in [0.05, 0.1) is 5.69 Å². The van der Waals surface area contributed by atoms with Crippen molar-refractivity contribution >= 4 is 28.1 Å². The molecule has 0 amide bonds. The van der Waals surface area contributed by atoms with Gasteiger partial charge in [-0.3, -0.25) is 4.40 Å². The highest BCUT2D eigenvalue weighted by Gasteiger charge is 2.07. The Kier molecular flexibility index (Phi) is 3.28. The minimum atomic E-state index is 0.802. The summed E-state index contributed by atoms with van der Waals surface area (Å²) in [6.45, 7) is 6.08. The molecular weight excluding hydrogens is 276 g/mol. The molecule has 0 radical (unpaired) electrons. The molecule has 98 valence electrons. The molecule has 0 aromatic carbocycles. The van der Waals surface area contributed by atoms with Gasteiger partial charge in [0.1, 0.15) is 0 Å². The van der Waals surface area contributed by atoms with E-state index in [9.17, 15) is 0 Å². The maximum Gasteiger partial charge on any atom is 0.194 e. The Morgan fingerprint density at radius 3 is 2.58 bits per heavy atom. The zero-order chi connectivity index (χ0) is 13.4. The molecule has 3 rings (SSSR count). The molecule has 4 nitrogen and oxygen atoms in total. The molecule has 6 heteroatoms. The number of rotatable bonds is 3. The minimum Gasteiger partial charge on any atom is -0.295 e. The lowest BCUT2D eigenvalue weighted by Gasteiger charge is -2.01. The number of imidazole rings is 1. The van der Waals surface area contributed by atoms with E-state index in [-0.39, 0.29) is 0 Å². The molecular formula is C13H14N4S2. The fourth-order valence-electron chi connectivity index (χ4n) is 1.91. The van der Waals surface area contributed by atoms with Crippen LogP contribution in [0.4, 0.5) is 0 Å². The molecule has 3 heterocycles. The SMILES string of the molecule is Cc1cc(C)nc(SCc2cn3c(C)csc3n2)n1. The van der Waals surface area contributed by atoms with Crippen LogP contribution in [0.1, 0.15) is 22.8 Å². The van der Waals surface area contributed by atoms with Crippen LogP contribution in [0.3, 0.4) is 0 Å². The van der Waals surface area contributed by atoms with Gasteiger partial charge < -0.3 is 0 Å². The quantitative estimate of drug-likeness (QED) is 0.548. The molecule has 0 bridgehead atoms. The Labute approximate surface area is 119 Å². The lowest BCUT2D eigenvalue weighted by Crippen LogP contribution is -1.93. The predicted octanol–water partition coefficient (Wildman–Crippen LogP) is 3.40. The largest absolute Gasteiger partial charge is 0.295 e. The third-order valence-electron chi connectivity index (χ3n) is 2.75. The molecule has 0 aliphatic rings. The summed E-state index contributed by atoms with van der Waals surface area (Å²) in [6.07, 6.45) is 2.09. The minimum absolute atomic E-state index is 0.802. The number of hydrogen-bond donors (Lipinski definition) is 0. The summed E-state index contributed by atoms with van der Waals surface area (Å²) < 4.78 is 2.13. The highest BCUT2D eigenvalue weighted by molar-refractivity contribution is 7.98. The molecule has 0 aliphatic heterocycles. The van der Waals surface area contributed by atoms with Crippen LogP contribution in [0.5, 0.6) is 0 Å². The predicted molar refractivity (Wildman–Crippen MR) is 78.9 cm³/mol. The van der Waals surface area contributed by atoms with Crippen LogP contribution >= 0.6 is 23.1 Å². The van der Waals surface area contributed by atoms with Crippen molar-refractivity contribution in [3.05, 3.63) is 40.4 Å². The average Bonchev–Trinajstić information content (AvgIpc) is 2.88. The maximum atomic E-state index is 4.60. The zero-order valence-corrected chi connectivity index (χ0v) is 12.7. The van der Waals surface area contributed by atoms with Gasteiger partial charge >= 0.3 is 0 Å². The second kappa shape index (κ2) is 4.94. The Bertz CT molecular complexity index is 709. The van der Waals surface area contributed by atoms with Crippen molar-refractivity contribution < 1.29 is 0 Å². The van der Waals surface area contributed by atoms with Gasteiger partial charge in [-0.05, 0) is 26.8 Å². The van der Waals surface area contributed by atoms with Crippen LogP contribution in [0.25, 0.3) is 4.96 Å². The van der Waals surface area contributed by atoms with E-state index < -0.39 is 0 Å². The van der Waals surface area contributed by atoms with Crippen LogP contribution in [-0.4, -0.2) is 19.4 Å². The first-order valence-corrected chi connectivity index (χ1v) is 7.85. The van der Waals surface area contributed by atoms with Crippen molar-refractivity contribution in [1.82, 2.24) is 19.4 Å². The van der Waals surface area contributed by atoms with E-state index in [4.69, 9.17) is 0 Å². The molecule has 0 N–H and O–H groups in total. The lowest BCUT2D eigenvalue weighted by molar-refractivity contribution is 0.901. The first kappa shape index (κ1) is 12.6. The fraction of sp³-hybridized carbons (Fsp3) is 0.308. The Balaban J connectivity index is 1.78. The van der Waals surface area contributed by atoms with E-state index in [1.54, 1.807) is 23.1 Å². The number of thiazole rings is 1. The Hall–Kier alpha value is -1.40. The molecule has 0 unspecified atom stereocenters. The van der Waals surface area contributed by atoms with Gasteiger partial charge in [-0.1, -0.05) is 11.8 Å². The summed E-state index contributed by atoms with van der Waals surface area (Å²) in [5.41, 5.74) is 4.32. The van der Waals surface area contributed by atoms with Crippen molar-refractivity contribution in [2.75, 3.05) is 0 Å². The second-order valence-corrected chi connectivity index (χ2v) is 6.26. The summed E-state index contributed by atoms with van der Waals surface area (Å²) >= 11 is 3.31. The van der Waals surface area contributed by atoms with Gasteiger partial charge in [0.2, 0.25) is 0 Å². The van der Waals surface area contributed by atoms with E-state index in [2.05, 4.69) is 37.9 Å². The van der Waals surface area contributed by atoms with Gasteiger partial charge in [-0.15, -0.1) is 11.3 Å². The third-order valence-corrected chi connectivity index (χ3v) is 4.59. The second-order valence-electron chi connectivity index (χ2n) is 4.48. The number of nitrogens with zero attached hydrogens (tertiary/aromatic N) is 4. The third kappa shape index (κ3) is 2.64. The topological polar surface area (TPSA) is 43.1 Å². The van der Waals surface area contributed by atoms with Crippen molar-refractivity contribution in [3.8, 4) is 0 Å². The maximum absolute atomic E-state index is 4.60. The van der Waals surface area contributed by atoms with Gasteiger partial charge in [0.15, 0.2) is 10.1 Å². The molecule has 3 aromatic heterocycles. The Morgan fingerprint density at radius 2 is 1.89 bits per heavy atom. The normalized spacial score (nSPS) is 11.3. The van der Waals surface area contributed by atoms with Crippen LogP contribution in [0, 0.1) is 20.8 Å². The van der Waals surface area contributed by atoms with E-state index in [0.29, 0.717) is 0 Å². The van der Waals surface area contributed by atoms with Crippen molar-refractivity contribution in [1.29, 1.82) is 0 Å².